The Morgan fingerprint density at radius 3 is 2.90 bits per heavy atom. The highest BCUT2D eigenvalue weighted by molar-refractivity contribution is 9.10. The van der Waals surface area contributed by atoms with Crippen molar-refractivity contribution >= 4 is 15.9 Å². The van der Waals surface area contributed by atoms with Gasteiger partial charge in [0.2, 0.25) is 0 Å². The number of hydrogen-bond donors (Lipinski definition) is 1. The third-order valence-electron chi connectivity index (χ3n) is 3.63. The molecule has 2 heterocycles. The van der Waals surface area contributed by atoms with Crippen LogP contribution in [0, 0.1) is 5.82 Å². The Bertz CT molecular complexity index is 653. The van der Waals surface area contributed by atoms with Crippen LogP contribution in [-0.4, -0.2) is 16.5 Å². The summed E-state index contributed by atoms with van der Waals surface area (Å²) in [6.07, 6.45) is 2.95. The third-order valence-corrected chi connectivity index (χ3v) is 4.09. The van der Waals surface area contributed by atoms with Gasteiger partial charge in [-0.2, -0.15) is 0 Å². The maximum atomic E-state index is 13.6. The van der Waals surface area contributed by atoms with Crippen molar-refractivity contribution in [1.29, 1.82) is 0 Å². The first kappa shape index (κ1) is 14.6. The highest BCUT2D eigenvalue weighted by atomic mass is 79.9. The van der Waals surface area contributed by atoms with Gasteiger partial charge >= 0.3 is 0 Å². The fourth-order valence-electron chi connectivity index (χ4n) is 2.69. The van der Waals surface area contributed by atoms with E-state index < -0.39 is 0 Å². The van der Waals surface area contributed by atoms with Gasteiger partial charge in [0.25, 0.3) is 0 Å². The van der Waals surface area contributed by atoms with Crippen LogP contribution in [0.15, 0.2) is 22.7 Å². The van der Waals surface area contributed by atoms with Crippen molar-refractivity contribution in [2.24, 2.45) is 0 Å². The number of aromatic nitrogens is 2. The second kappa shape index (κ2) is 6.20. The Balaban J connectivity index is 2.12. The highest BCUT2D eigenvalue weighted by Crippen LogP contribution is 2.25. The van der Waals surface area contributed by atoms with Crippen molar-refractivity contribution in [3.63, 3.8) is 0 Å². The number of aryl methyl sites for hydroxylation is 1. The first-order chi connectivity index (χ1) is 10.2. The zero-order valence-corrected chi connectivity index (χ0v) is 13.5. The maximum absolute atomic E-state index is 13.6. The first-order valence-electron chi connectivity index (χ1n) is 7.23. The Morgan fingerprint density at radius 2 is 2.14 bits per heavy atom. The highest BCUT2D eigenvalue weighted by Gasteiger charge is 2.18. The van der Waals surface area contributed by atoms with E-state index in [0.717, 1.165) is 43.7 Å². The lowest BCUT2D eigenvalue weighted by Gasteiger charge is -2.20. The average Bonchev–Trinajstić information content (AvgIpc) is 2.46. The predicted molar refractivity (Wildman–Crippen MR) is 84.5 cm³/mol. The summed E-state index contributed by atoms with van der Waals surface area (Å²) in [5, 5.41) is 3.34. The van der Waals surface area contributed by atoms with Crippen LogP contribution in [0.3, 0.4) is 0 Å². The molecular weight excluding hydrogens is 333 g/mol. The van der Waals surface area contributed by atoms with E-state index in [1.165, 1.54) is 17.7 Å². The van der Waals surface area contributed by atoms with Crippen LogP contribution in [-0.2, 0) is 19.4 Å². The van der Waals surface area contributed by atoms with Crippen LogP contribution in [0.1, 0.15) is 30.3 Å². The Kier molecular flexibility index (Phi) is 4.31. The van der Waals surface area contributed by atoms with E-state index in [1.54, 1.807) is 0 Å². The Hall–Kier alpha value is -1.33. The summed E-state index contributed by atoms with van der Waals surface area (Å²) >= 11 is 3.33. The molecule has 2 aromatic rings. The molecule has 21 heavy (non-hydrogen) atoms. The van der Waals surface area contributed by atoms with Gasteiger partial charge in [0, 0.05) is 22.3 Å². The minimum absolute atomic E-state index is 0.282. The largest absolute Gasteiger partial charge is 0.311 e. The van der Waals surface area contributed by atoms with Crippen molar-refractivity contribution in [3.05, 3.63) is 45.4 Å². The number of hydrogen-bond acceptors (Lipinski definition) is 3. The number of rotatable bonds is 3. The smallest absolute Gasteiger partial charge is 0.159 e. The van der Waals surface area contributed by atoms with Gasteiger partial charge < -0.3 is 5.32 Å². The Labute approximate surface area is 132 Å². The molecule has 0 saturated carbocycles. The number of benzene rings is 1. The van der Waals surface area contributed by atoms with Crippen LogP contribution < -0.4 is 5.32 Å². The number of nitrogens with zero attached hydrogens (tertiary/aromatic N) is 2. The monoisotopic (exact) mass is 349 g/mol. The minimum atomic E-state index is -0.282. The molecule has 1 aromatic carbocycles. The molecule has 0 amide bonds. The van der Waals surface area contributed by atoms with Crippen LogP contribution in [0.5, 0.6) is 0 Å². The van der Waals surface area contributed by atoms with E-state index in [-0.39, 0.29) is 5.82 Å². The van der Waals surface area contributed by atoms with Crippen molar-refractivity contribution in [3.8, 4) is 11.4 Å². The van der Waals surface area contributed by atoms with E-state index in [1.807, 2.05) is 6.07 Å². The normalized spacial score (nSPS) is 14.0. The predicted octanol–water partition coefficient (Wildman–Crippen LogP) is 3.64. The molecule has 0 aliphatic carbocycles. The van der Waals surface area contributed by atoms with Crippen LogP contribution in [0.25, 0.3) is 11.4 Å². The summed E-state index contributed by atoms with van der Waals surface area (Å²) < 4.78 is 14.3. The lowest BCUT2D eigenvalue weighted by molar-refractivity contribution is 0.613. The van der Waals surface area contributed by atoms with Crippen LogP contribution in [0.4, 0.5) is 4.39 Å². The molecule has 3 rings (SSSR count). The molecular formula is C16H17BrFN3. The molecule has 0 saturated heterocycles. The van der Waals surface area contributed by atoms with Gasteiger partial charge in [0.1, 0.15) is 5.82 Å². The van der Waals surface area contributed by atoms with E-state index in [2.05, 4.69) is 33.2 Å². The molecule has 0 atom stereocenters. The fraction of sp³-hybridized carbons (Fsp3) is 0.375. The van der Waals surface area contributed by atoms with Gasteiger partial charge in [0.15, 0.2) is 5.82 Å². The summed E-state index contributed by atoms with van der Waals surface area (Å²) in [6, 6.07) is 4.78. The molecule has 0 spiro atoms. The maximum Gasteiger partial charge on any atom is 0.159 e. The summed E-state index contributed by atoms with van der Waals surface area (Å²) in [6.45, 7) is 3.88. The zero-order chi connectivity index (χ0) is 14.8. The molecule has 0 bridgehead atoms. The quantitative estimate of drug-likeness (QED) is 0.918. The first-order valence-corrected chi connectivity index (χ1v) is 8.02. The van der Waals surface area contributed by atoms with Gasteiger partial charge in [-0.25, -0.2) is 14.4 Å². The molecule has 0 unspecified atom stereocenters. The molecule has 1 aromatic heterocycles. The van der Waals surface area contributed by atoms with Gasteiger partial charge in [0.05, 0.1) is 5.69 Å². The lowest BCUT2D eigenvalue weighted by Crippen LogP contribution is -2.26. The van der Waals surface area contributed by atoms with E-state index >= 15 is 0 Å². The second-order valence-corrected chi connectivity index (χ2v) is 6.17. The standard InChI is InChI=1S/C16H17BrFN3/c1-2-3-14-13-4-5-19-9-15(13)21-16(20-14)10-6-11(17)8-12(18)7-10/h6-8,19H,2-5,9H2,1H3. The van der Waals surface area contributed by atoms with Gasteiger partial charge in [-0.3, -0.25) is 0 Å². The molecule has 0 fully saturated rings. The van der Waals surface area contributed by atoms with Crippen molar-refractivity contribution in [2.75, 3.05) is 6.54 Å². The fourth-order valence-corrected chi connectivity index (χ4v) is 3.16. The molecule has 0 radical (unpaired) electrons. The number of halogens is 2. The summed E-state index contributed by atoms with van der Waals surface area (Å²) in [5.41, 5.74) is 4.15. The SMILES string of the molecule is CCCc1nc(-c2cc(F)cc(Br)c2)nc2c1CCNC2. The van der Waals surface area contributed by atoms with Crippen molar-refractivity contribution < 1.29 is 4.39 Å². The third kappa shape index (κ3) is 3.14. The van der Waals surface area contributed by atoms with Crippen molar-refractivity contribution in [2.45, 2.75) is 32.7 Å². The van der Waals surface area contributed by atoms with Crippen molar-refractivity contribution in [1.82, 2.24) is 15.3 Å². The Morgan fingerprint density at radius 1 is 1.29 bits per heavy atom. The van der Waals surface area contributed by atoms with E-state index in [0.29, 0.717) is 15.9 Å². The second-order valence-electron chi connectivity index (χ2n) is 5.25. The van der Waals surface area contributed by atoms with Crippen LogP contribution >= 0.6 is 15.9 Å². The molecule has 110 valence electrons. The molecule has 1 N–H and O–H groups in total. The summed E-state index contributed by atoms with van der Waals surface area (Å²) in [4.78, 5) is 9.35. The zero-order valence-electron chi connectivity index (χ0n) is 11.9. The average molecular weight is 350 g/mol. The number of fused-ring (bicyclic) bond motifs is 1. The molecule has 1 aliphatic rings. The summed E-state index contributed by atoms with van der Waals surface area (Å²) in [5.74, 6) is 0.331. The minimum Gasteiger partial charge on any atom is -0.311 e. The summed E-state index contributed by atoms with van der Waals surface area (Å²) in [7, 11) is 0. The van der Waals surface area contributed by atoms with Crippen LogP contribution in [0.2, 0.25) is 0 Å². The van der Waals surface area contributed by atoms with E-state index in [4.69, 9.17) is 4.98 Å². The van der Waals surface area contributed by atoms with Gasteiger partial charge in [-0.1, -0.05) is 29.3 Å². The lowest BCUT2D eigenvalue weighted by atomic mass is 10.0. The van der Waals surface area contributed by atoms with Gasteiger partial charge in [-0.15, -0.1) is 0 Å². The molecule has 5 heteroatoms. The van der Waals surface area contributed by atoms with E-state index in [9.17, 15) is 4.39 Å². The molecule has 3 nitrogen and oxygen atoms in total. The molecule has 1 aliphatic heterocycles. The number of nitrogens with one attached hydrogen (secondary N) is 1. The van der Waals surface area contributed by atoms with Gasteiger partial charge in [-0.05, 0) is 43.1 Å². The topological polar surface area (TPSA) is 37.8 Å².